The first-order valence-corrected chi connectivity index (χ1v) is 6.62. The third-order valence-corrected chi connectivity index (χ3v) is 3.46. The lowest BCUT2D eigenvalue weighted by atomic mass is 10.0. The lowest BCUT2D eigenvalue weighted by Gasteiger charge is -2.31. The normalized spacial score (nSPS) is 23.1. The van der Waals surface area contributed by atoms with Gasteiger partial charge in [-0.2, -0.15) is 0 Å². The molecule has 1 saturated heterocycles. The maximum absolute atomic E-state index is 13.9. The van der Waals surface area contributed by atoms with Crippen LogP contribution >= 0.6 is 0 Å². The number of nitrogens with zero attached hydrogens (tertiary/aromatic N) is 1. The summed E-state index contributed by atoms with van der Waals surface area (Å²) in [6, 6.07) is 3.22. The van der Waals surface area contributed by atoms with Crippen LogP contribution in [-0.4, -0.2) is 37.2 Å². The van der Waals surface area contributed by atoms with Gasteiger partial charge in [0.05, 0.1) is 12.1 Å². The number of hydrogen-bond donors (Lipinski definition) is 1. The van der Waals surface area contributed by atoms with E-state index in [4.69, 9.17) is 10.5 Å². The molecule has 2 rings (SSSR count). The zero-order valence-electron chi connectivity index (χ0n) is 11.1. The number of hydrogen-bond acceptors (Lipinski definition) is 3. The van der Waals surface area contributed by atoms with Crippen molar-refractivity contribution in [2.45, 2.75) is 25.5 Å². The molecule has 2 N–H and O–H groups in total. The van der Waals surface area contributed by atoms with Gasteiger partial charge in [0.1, 0.15) is 11.6 Å². The molecule has 1 aromatic carbocycles. The molecule has 19 heavy (non-hydrogen) atoms. The van der Waals surface area contributed by atoms with Crippen molar-refractivity contribution in [1.82, 2.24) is 4.90 Å². The molecular weight excluding hydrogens is 250 g/mol. The van der Waals surface area contributed by atoms with Crippen LogP contribution in [0.4, 0.5) is 8.78 Å². The Hall–Kier alpha value is -1.04. The Morgan fingerprint density at radius 3 is 3.00 bits per heavy atom. The molecule has 2 atom stereocenters. The molecule has 1 heterocycles. The van der Waals surface area contributed by atoms with Gasteiger partial charge in [-0.1, -0.05) is 0 Å². The monoisotopic (exact) mass is 270 g/mol. The summed E-state index contributed by atoms with van der Waals surface area (Å²) in [6.07, 6.45) is 0.950. The van der Waals surface area contributed by atoms with Crippen molar-refractivity contribution < 1.29 is 13.5 Å². The number of rotatable bonds is 3. The van der Waals surface area contributed by atoms with E-state index in [9.17, 15) is 8.78 Å². The van der Waals surface area contributed by atoms with Crippen LogP contribution in [0.15, 0.2) is 18.2 Å². The van der Waals surface area contributed by atoms with Gasteiger partial charge in [0.2, 0.25) is 0 Å². The highest BCUT2D eigenvalue weighted by atomic mass is 19.1. The first-order chi connectivity index (χ1) is 9.11. The first kappa shape index (κ1) is 14.4. The van der Waals surface area contributed by atoms with E-state index < -0.39 is 11.6 Å². The van der Waals surface area contributed by atoms with Crippen LogP contribution in [0, 0.1) is 11.6 Å². The standard InChI is InChI=1S/C14H20F2N2O/c1-10-9-18(5-2-6-19-10)14(8-17)12-7-11(15)3-4-13(12)16/h3-4,7,10,14H,2,5-6,8-9,17H2,1H3. The zero-order valence-corrected chi connectivity index (χ0v) is 11.1. The summed E-state index contributed by atoms with van der Waals surface area (Å²) < 4.78 is 32.8. The quantitative estimate of drug-likeness (QED) is 0.914. The number of benzene rings is 1. The maximum Gasteiger partial charge on any atom is 0.128 e. The van der Waals surface area contributed by atoms with Gasteiger partial charge in [0, 0.05) is 31.8 Å². The van der Waals surface area contributed by atoms with Crippen LogP contribution in [0.2, 0.25) is 0 Å². The summed E-state index contributed by atoms with van der Waals surface area (Å²) in [5.74, 6) is -0.844. The largest absolute Gasteiger partial charge is 0.377 e. The van der Waals surface area contributed by atoms with Crippen molar-refractivity contribution in [3.05, 3.63) is 35.4 Å². The predicted octanol–water partition coefficient (Wildman–Crippen LogP) is 2.08. The van der Waals surface area contributed by atoms with Crippen molar-refractivity contribution in [3.63, 3.8) is 0 Å². The molecule has 3 nitrogen and oxygen atoms in total. The Morgan fingerprint density at radius 1 is 1.47 bits per heavy atom. The minimum Gasteiger partial charge on any atom is -0.377 e. The van der Waals surface area contributed by atoms with Gasteiger partial charge >= 0.3 is 0 Å². The van der Waals surface area contributed by atoms with Gasteiger partial charge in [0.15, 0.2) is 0 Å². The fraction of sp³-hybridized carbons (Fsp3) is 0.571. The third-order valence-electron chi connectivity index (χ3n) is 3.46. The van der Waals surface area contributed by atoms with E-state index in [2.05, 4.69) is 4.90 Å². The van der Waals surface area contributed by atoms with Crippen LogP contribution < -0.4 is 5.73 Å². The Balaban J connectivity index is 2.25. The Kier molecular flexibility index (Phi) is 4.85. The van der Waals surface area contributed by atoms with Gasteiger partial charge in [0.25, 0.3) is 0 Å². The topological polar surface area (TPSA) is 38.5 Å². The maximum atomic E-state index is 13.9. The van der Waals surface area contributed by atoms with Crippen LogP contribution in [0.3, 0.4) is 0 Å². The molecule has 0 aliphatic carbocycles. The van der Waals surface area contributed by atoms with Gasteiger partial charge in [-0.3, -0.25) is 4.90 Å². The van der Waals surface area contributed by atoms with Crippen molar-refractivity contribution in [2.75, 3.05) is 26.2 Å². The Morgan fingerprint density at radius 2 is 2.26 bits per heavy atom. The first-order valence-electron chi connectivity index (χ1n) is 6.62. The third kappa shape index (κ3) is 3.49. The Labute approximate surface area is 112 Å². The minimum atomic E-state index is -0.436. The van der Waals surface area contributed by atoms with Crippen LogP contribution in [0.25, 0.3) is 0 Å². The molecule has 1 aromatic rings. The number of halogens is 2. The van der Waals surface area contributed by atoms with E-state index in [1.165, 1.54) is 6.07 Å². The van der Waals surface area contributed by atoms with Crippen LogP contribution in [0.5, 0.6) is 0 Å². The van der Waals surface area contributed by atoms with E-state index in [1.54, 1.807) is 0 Å². The molecular formula is C14H20F2N2O. The highest BCUT2D eigenvalue weighted by Crippen LogP contribution is 2.25. The van der Waals surface area contributed by atoms with Crippen molar-refractivity contribution in [3.8, 4) is 0 Å². The molecule has 0 bridgehead atoms. The highest BCUT2D eigenvalue weighted by molar-refractivity contribution is 5.23. The minimum absolute atomic E-state index is 0.0770. The summed E-state index contributed by atoms with van der Waals surface area (Å²) in [7, 11) is 0. The van der Waals surface area contributed by atoms with E-state index >= 15 is 0 Å². The van der Waals surface area contributed by atoms with Crippen LogP contribution in [-0.2, 0) is 4.74 Å². The predicted molar refractivity (Wildman–Crippen MR) is 69.8 cm³/mol. The van der Waals surface area contributed by atoms with Crippen molar-refractivity contribution >= 4 is 0 Å². The molecule has 0 saturated carbocycles. The van der Waals surface area contributed by atoms with Gasteiger partial charge in [-0.05, 0) is 31.5 Å². The average molecular weight is 270 g/mol. The Bertz CT molecular complexity index is 428. The van der Waals surface area contributed by atoms with E-state index in [0.29, 0.717) is 18.7 Å². The van der Waals surface area contributed by atoms with E-state index in [-0.39, 0.29) is 18.7 Å². The molecule has 106 valence electrons. The average Bonchev–Trinajstić information content (AvgIpc) is 2.59. The van der Waals surface area contributed by atoms with Crippen LogP contribution in [0.1, 0.15) is 24.9 Å². The van der Waals surface area contributed by atoms with Crippen molar-refractivity contribution in [2.24, 2.45) is 5.73 Å². The fourth-order valence-electron chi connectivity index (χ4n) is 2.55. The molecule has 2 unspecified atom stereocenters. The SMILES string of the molecule is CC1CN(C(CN)c2cc(F)ccc2F)CCCO1. The second kappa shape index (κ2) is 6.41. The molecule has 1 aliphatic heterocycles. The summed E-state index contributed by atoms with van der Waals surface area (Å²) in [5, 5.41) is 0. The van der Waals surface area contributed by atoms with Crippen molar-refractivity contribution in [1.29, 1.82) is 0 Å². The molecule has 0 amide bonds. The van der Waals surface area contributed by atoms with E-state index in [0.717, 1.165) is 25.1 Å². The lowest BCUT2D eigenvalue weighted by Crippen LogP contribution is -2.38. The summed E-state index contributed by atoms with van der Waals surface area (Å²) in [5.41, 5.74) is 6.11. The number of ether oxygens (including phenoxy) is 1. The van der Waals surface area contributed by atoms with Gasteiger partial charge < -0.3 is 10.5 Å². The highest BCUT2D eigenvalue weighted by Gasteiger charge is 2.25. The van der Waals surface area contributed by atoms with Gasteiger partial charge in [-0.15, -0.1) is 0 Å². The summed E-state index contributed by atoms with van der Waals surface area (Å²) in [4.78, 5) is 2.08. The molecule has 0 spiro atoms. The zero-order chi connectivity index (χ0) is 13.8. The summed E-state index contributed by atoms with van der Waals surface area (Å²) >= 11 is 0. The summed E-state index contributed by atoms with van der Waals surface area (Å²) in [6.45, 7) is 4.39. The molecule has 1 fully saturated rings. The second-order valence-corrected chi connectivity index (χ2v) is 4.95. The molecule has 5 heteroatoms. The smallest absolute Gasteiger partial charge is 0.128 e. The molecule has 0 aromatic heterocycles. The van der Waals surface area contributed by atoms with E-state index in [1.807, 2.05) is 6.92 Å². The number of nitrogens with two attached hydrogens (primary N) is 1. The lowest BCUT2D eigenvalue weighted by molar-refractivity contribution is 0.0608. The fourth-order valence-corrected chi connectivity index (χ4v) is 2.55. The van der Waals surface area contributed by atoms with Gasteiger partial charge in [-0.25, -0.2) is 8.78 Å². The second-order valence-electron chi connectivity index (χ2n) is 4.95. The molecule has 1 aliphatic rings. The molecule has 0 radical (unpaired) electrons.